The van der Waals surface area contributed by atoms with Crippen LogP contribution in [0.25, 0.3) is 110 Å². The van der Waals surface area contributed by atoms with Crippen molar-refractivity contribution in [2.24, 2.45) is 0 Å². The molecule has 0 saturated heterocycles. The Hall–Kier alpha value is -7.48. The minimum atomic E-state index is -5.09. The fraction of sp³-hybridized carbons (Fsp3) is 0.429. The Kier molecular flexibility index (Phi) is 24.2. The average molecular weight is 1710 g/mol. The number of benzene rings is 12. The molecule has 12 aromatic rings. The molecule has 2 aliphatic heterocycles. The Balaban J connectivity index is 0.000000223. The standard InChI is InChI=1S/2C56H69O4P.Ca/c2*1-51(2,3)35-29-41(53(7,8)9)45(42(30-35)54(10,11)12)39-27-33-23-19-21-25-37(33)47-48-38-26-22-20-24-34(38)28-40(50(48)60-61(57,58)59-49(39)47)46-43(55(13,14)15)31-36(52(4,5)6)32-44(46)56(16,17)18;/h2*19-32H,1-18H3,(H,57,58);/q;;+2/p-2. The van der Waals surface area contributed by atoms with Crippen LogP contribution in [0.3, 0.4) is 0 Å². The second-order valence-corrected chi connectivity index (χ2v) is 50.0. The van der Waals surface area contributed by atoms with Gasteiger partial charge in [-0.2, -0.15) is 0 Å². The van der Waals surface area contributed by atoms with Crippen molar-refractivity contribution in [3.8, 4) is 89.8 Å². The van der Waals surface area contributed by atoms with Crippen LogP contribution in [-0.2, 0) is 74.1 Å². The number of hydrogen-bond donors (Lipinski definition) is 0. The summed E-state index contributed by atoms with van der Waals surface area (Å²) >= 11 is 0. The van der Waals surface area contributed by atoms with Crippen molar-refractivity contribution >= 4 is 96.5 Å². The summed E-state index contributed by atoms with van der Waals surface area (Å²) in [4.78, 5) is 29.8. The third kappa shape index (κ3) is 18.4. The van der Waals surface area contributed by atoms with Gasteiger partial charge in [-0.1, -0.05) is 395 Å². The van der Waals surface area contributed by atoms with E-state index < -0.39 is 15.6 Å². The van der Waals surface area contributed by atoms with Gasteiger partial charge in [-0.05, 0) is 221 Å². The molecule has 14 rings (SSSR count). The second-order valence-electron chi connectivity index (χ2n) is 47.4. The van der Waals surface area contributed by atoms with Crippen molar-refractivity contribution in [3.05, 3.63) is 237 Å². The van der Waals surface area contributed by atoms with Gasteiger partial charge in [-0.15, -0.1) is 0 Å². The van der Waals surface area contributed by atoms with Crippen LogP contribution in [0.5, 0.6) is 23.0 Å². The Morgan fingerprint density at radius 2 is 0.341 bits per heavy atom. The second kappa shape index (κ2) is 31.5. The van der Waals surface area contributed by atoms with Gasteiger partial charge in [0.2, 0.25) is 0 Å². The summed E-state index contributed by atoms with van der Waals surface area (Å²) in [6, 6.07) is 60.4. The number of hydrogen-bond acceptors (Lipinski definition) is 8. The zero-order valence-electron chi connectivity index (χ0n) is 81.0. The predicted molar refractivity (Wildman–Crippen MR) is 523 cm³/mol. The molecule has 0 spiro atoms. The topological polar surface area (TPSA) is 117 Å². The minimum Gasteiger partial charge on any atom is -0.736 e. The first-order valence-electron chi connectivity index (χ1n) is 44.0. The zero-order valence-corrected chi connectivity index (χ0v) is 85.0. The van der Waals surface area contributed by atoms with Gasteiger partial charge in [0.1, 0.15) is 23.0 Å². The summed E-state index contributed by atoms with van der Waals surface area (Å²) in [7, 11) is -10.2. The van der Waals surface area contributed by atoms with E-state index in [-0.39, 0.29) is 103 Å². The van der Waals surface area contributed by atoms with E-state index >= 15 is 0 Å². The van der Waals surface area contributed by atoms with Gasteiger partial charge in [0, 0.05) is 44.5 Å². The summed E-state index contributed by atoms with van der Waals surface area (Å²) in [5.41, 5.74) is 21.0. The van der Waals surface area contributed by atoms with Gasteiger partial charge in [-0.25, -0.2) is 9.13 Å². The summed E-state index contributed by atoms with van der Waals surface area (Å²) in [5, 5.41) is 7.53. The molecule has 8 nitrogen and oxygen atoms in total. The third-order valence-corrected chi connectivity index (χ3v) is 26.5. The fourth-order valence-electron chi connectivity index (χ4n) is 18.1. The van der Waals surface area contributed by atoms with Gasteiger partial charge < -0.3 is 27.9 Å². The van der Waals surface area contributed by atoms with Gasteiger partial charge >= 0.3 is 53.4 Å². The normalized spacial score (nSPS) is 14.8. The first kappa shape index (κ1) is 94.6. The van der Waals surface area contributed by atoms with Gasteiger partial charge in [0.05, 0.1) is 0 Å². The molecular formula is C112H136CaO8P2. The first-order chi connectivity index (χ1) is 55.6. The van der Waals surface area contributed by atoms with Crippen molar-refractivity contribution in [1.29, 1.82) is 0 Å². The van der Waals surface area contributed by atoms with Crippen LogP contribution in [0.15, 0.2) is 170 Å². The molecule has 0 aromatic heterocycles. The Morgan fingerprint density at radius 3 is 0.472 bits per heavy atom. The maximum Gasteiger partial charge on any atom is 2.00 e. The molecule has 2 heterocycles. The van der Waals surface area contributed by atoms with E-state index in [1.165, 1.54) is 22.3 Å². The Morgan fingerprint density at radius 1 is 0.203 bits per heavy atom. The Labute approximate surface area is 767 Å². The molecule has 0 radical (unpaired) electrons. The SMILES string of the molecule is CC(C)(C)c1cc(C(C)(C)C)c(-c2cc3ccccc3c3c2OP(=O)([O-])Oc2c(-c4c(C(C)(C)C)cc(C(C)(C)C)cc4C(C)(C)C)cc4ccccc4c2-3)c(C(C)(C)C)c1.CC(C)(C)c1cc(C(C)(C)C)c(-c2cc3ccccc3c3c2OP(=O)([O-])Oc2c(-c4c(C(C)(C)C)cc(C(C)(C)C)cc4C(C)(C)C)cc4ccccc4c2-3)c(C(C)(C)C)c1.[Ca+2]. The number of fused-ring (bicyclic) bond motifs is 14. The number of phosphoric acid groups is 2. The molecule has 0 N–H and O–H groups in total. The average Bonchev–Trinajstić information content (AvgIpc) is 1.67. The molecule has 11 heteroatoms. The van der Waals surface area contributed by atoms with Crippen LogP contribution in [0.1, 0.15) is 316 Å². The molecular weight excluding hydrogens is 1580 g/mol. The van der Waals surface area contributed by atoms with Crippen LogP contribution < -0.4 is 27.9 Å². The molecule has 0 aliphatic carbocycles. The van der Waals surface area contributed by atoms with E-state index in [9.17, 15) is 18.9 Å². The van der Waals surface area contributed by atoms with Crippen LogP contribution >= 0.6 is 15.6 Å². The zero-order chi connectivity index (χ0) is 90.4. The number of rotatable bonds is 4. The maximum absolute atomic E-state index is 14.9. The molecule has 0 amide bonds. The van der Waals surface area contributed by atoms with Crippen molar-refractivity contribution in [2.75, 3.05) is 0 Å². The molecule has 0 fully saturated rings. The van der Waals surface area contributed by atoms with E-state index in [1.54, 1.807) is 0 Å². The van der Waals surface area contributed by atoms with Gasteiger partial charge in [-0.3, -0.25) is 0 Å². The van der Waals surface area contributed by atoms with Crippen molar-refractivity contribution < 1.29 is 37.0 Å². The summed E-state index contributed by atoms with van der Waals surface area (Å²) < 4.78 is 56.0. The molecule has 0 atom stereocenters. The third-order valence-electron chi connectivity index (χ3n) is 24.9. The van der Waals surface area contributed by atoms with E-state index in [1.807, 2.05) is 24.3 Å². The number of phosphoric ester groups is 2. The molecule has 12 aromatic carbocycles. The van der Waals surface area contributed by atoms with Crippen LogP contribution in [0, 0.1) is 0 Å². The van der Waals surface area contributed by atoms with Crippen molar-refractivity contribution in [1.82, 2.24) is 0 Å². The fourth-order valence-corrected chi connectivity index (χ4v) is 19.8. The van der Waals surface area contributed by atoms with Gasteiger partial charge in [0.15, 0.2) is 0 Å². The molecule has 0 bridgehead atoms. The van der Waals surface area contributed by atoms with Gasteiger partial charge in [0.25, 0.3) is 0 Å². The molecule has 123 heavy (non-hydrogen) atoms. The predicted octanol–water partition coefficient (Wildman–Crippen LogP) is 31.7. The monoisotopic (exact) mass is 1710 g/mol. The van der Waals surface area contributed by atoms with Crippen molar-refractivity contribution in [2.45, 2.75) is 314 Å². The maximum atomic E-state index is 14.9. The van der Waals surface area contributed by atoms with Crippen LogP contribution in [0.4, 0.5) is 0 Å². The quantitative estimate of drug-likeness (QED) is 0.126. The largest absolute Gasteiger partial charge is 2.00 e. The Bertz CT molecular complexity index is 5440. The first-order valence-corrected chi connectivity index (χ1v) is 46.9. The molecule has 0 saturated carbocycles. The summed E-state index contributed by atoms with van der Waals surface area (Å²) in [6.07, 6.45) is 0. The van der Waals surface area contributed by atoms with E-state index in [4.69, 9.17) is 18.1 Å². The van der Waals surface area contributed by atoms with E-state index in [0.29, 0.717) is 23.0 Å². The van der Waals surface area contributed by atoms with E-state index in [2.05, 4.69) is 395 Å². The molecule has 2 aliphatic rings. The van der Waals surface area contributed by atoms with Crippen LogP contribution in [0.2, 0.25) is 0 Å². The van der Waals surface area contributed by atoms with Crippen molar-refractivity contribution in [3.63, 3.8) is 0 Å². The summed E-state index contributed by atoms with van der Waals surface area (Å²) in [6.45, 7) is 80.9. The van der Waals surface area contributed by atoms with E-state index in [0.717, 1.165) is 154 Å². The molecule has 0 unspecified atom stereocenters. The summed E-state index contributed by atoms with van der Waals surface area (Å²) in [5.74, 6) is 1.20. The minimum absolute atomic E-state index is 0. The molecule has 644 valence electrons. The smallest absolute Gasteiger partial charge is 0.736 e. The van der Waals surface area contributed by atoms with Crippen LogP contribution in [-0.4, -0.2) is 37.7 Å².